The molecule has 3 aromatic rings. The van der Waals surface area contributed by atoms with E-state index >= 15 is 0 Å². The van der Waals surface area contributed by atoms with Crippen LogP contribution in [0.3, 0.4) is 0 Å². The third-order valence-electron chi connectivity index (χ3n) is 4.51. The molecule has 130 valence electrons. The van der Waals surface area contributed by atoms with E-state index in [0.717, 1.165) is 27.7 Å². The van der Waals surface area contributed by atoms with E-state index in [4.69, 9.17) is 4.74 Å². The number of benzene rings is 1. The van der Waals surface area contributed by atoms with Crippen LogP contribution in [0.5, 0.6) is 0 Å². The van der Waals surface area contributed by atoms with Crippen molar-refractivity contribution >= 4 is 16.8 Å². The van der Waals surface area contributed by atoms with Gasteiger partial charge in [-0.15, -0.1) is 0 Å². The minimum absolute atomic E-state index is 0.147. The molecule has 2 heterocycles. The van der Waals surface area contributed by atoms with E-state index in [1.54, 1.807) is 18.0 Å². The van der Waals surface area contributed by atoms with Gasteiger partial charge in [0.25, 0.3) is 5.91 Å². The Balaban J connectivity index is 1.95. The second-order valence-corrected chi connectivity index (χ2v) is 6.07. The molecule has 0 saturated heterocycles. The van der Waals surface area contributed by atoms with Crippen molar-refractivity contribution in [3.63, 3.8) is 0 Å². The van der Waals surface area contributed by atoms with Gasteiger partial charge in [-0.05, 0) is 25.5 Å². The van der Waals surface area contributed by atoms with Crippen molar-refractivity contribution < 1.29 is 9.53 Å². The highest BCUT2D eigenvalue weighted by Crippen LogP contribution is 2.23. The van der Waals surface area contributed by atoms with Crippen molar-refractivity contribution in [1.29, 1.82) is 0 Å². The summed E-state index contributed by atoms with van der Waals surface area (Å²) in [5, 5.41) is 8.17. The number of ether oxygens (including phenoxy) is 1. The highest BCUT2D eigenvalue weighted by Gasteiger charge is 2.19. The number of fused-ring (bicyclic) bond motifs is 1. The molecule has 0 radical (unpaired) electrons. The van der Waals surface area contributed by atoms with Crippen LogP contribution in [0.1, 0.15) is 32.9 Å². The van der Waals surface area contributed by atoms with Gasteiger partial charge in [-0.3, -0.25) is 9.48 Å². The molecule has 0 atom stereocenters. The molecule has 0 saturated carbocycles. The summed E-state index contributed by atoms with van der Waals surface area (Å²) in [4.78, 5) is 17.5. The van der Waals surface area contributed by atoms with Crippen molar-refractivity contribution in [3.8, 4) is 0 Å². The molecule has 1 N–H and O–H groups in total. The fraction of sp³-hybridized carbons (Fsp3) is 0.316. The zero-order valence-corrected chi connectivity index (χ0v) is 15.0. The maximum absolute atomic E-state index is 12.9. The number of aromatic nitrogens is 3. The molecule has 0 aliphatic rings. The summed E-state index contributed by atoms with van der Waals surface area (Å²) in [6, 6.07) is 7.82. The van der Waals surface area contributed by atoms with Gasteiger partial charge >= 0.3 is 0 Å². The first-order valence-corrected chi connectivity index (χ1v) is 8.15. The molecule has 25 heavy (non-hydrogen) atoms. The molecule has 0 aliphatic carbocycles. The van der Waals surface area contributed by atoms with E-state index in [1.807, 2.05) is 45.2 Å². The first-order valence-electron chi connectivity index (χ1n) is 8.15. The van der Waals surface area contributed by atoms with Gasteiger partial charge in [0.05, 0.1) is 29.6 Å². The lowest BCUT2D eigenvalue weighted by atomic mass is 10.0. The molecule has 0 fully saturated rings. The van der Waals surface area contributed by atoms with Gasteiger partial charge in [-0.1, -0.05) is 18.2 Å². The van der Waals surface area contributed by atoms with Crippen molar-refractivity contribution in [1.82, 2.24) is 20.1 Å². The molecule has 0 spiro atoms. The van der Waals surface area contributed by atoms with E-state index in [2.05, 4.69) is 15.4 Å². The molecule has 2 aromatic heterocycles. The third-order valence-corrected chi connectivity index (χ3v) is 4.51. The number of hydrogen-bond acceptors (Lipinski definition) is 4. The number of amides is 1. The van der Waals surface area contributed by atoms with Crippen LogP contribution in [0.2, 0.25) is 0 Å². The van der Waals surface area contributed by atoms with Gasteiger partial charge in [0.1, 0.15) is 0 Å². The quantitative estimate of drug-likeness (QED) is 0.776. The van der Waals surface area contributed by atoms with E-state index in [9.17, 15) is 4.79 Å². The molecular weight excluding hydrogens is 316 g/mol. The molecule has 1 aromatic carbocycles. The Kier molecular flexibility index (Phi) is 4.81. The lowest BCUT2D eigenvalue weighted by Crippen LogP contribution is -2.26. The summed E-state index contributed by atoms with van der Waals surface area (Å²) in [6.07, 6.45) is 1.77. The van der Waals surface area contributed by atoms with Crippen LogP contribution in [0, 0.1) is 13.8 Å². The summed E-state index contributed by atoms with van der Waals surface area (Å²) in [7, 11) is 3.49. The summed E-state index contributed by atoms with van der Waals surface area (Å²) in [6.45, 7) is 4.65. The van der Waals surface area contributed by atoms with E-state index in [1.165, 1.54) is 0 Å². The molecule has 6 heteroatoms. The molecule has 0 bridgehead atoms. The van der Waals surface area contributed by atoms with Gasteiger partial charge in [0.15, 0.2) is 0 Å². The van der Waals surface area contributed by atoms with Gasteiger partial charge in [-0.25, -0.2) is 4.98 Å². The summed E-state index contributed by atoms with van der Waals surface area (Å²) in [5.41, 5.74) is 5.05. The molecule has 0 aliphatic heterocycles. The monoisotopic (exact) mass is 338 g/mol. The second kappa shape index (κ2) is 7.03. The number of nitrogens with one attached hydrogen (secondary N) is 1. The maximum atomic E-state index is 12.9. The lowest BCUT2D eigenvalue weighted by molar-refractivity contribution is 0.0944. The highest BCUT2D eigenvalue weighted by molar-refractivity contribution is 6.01. The van der Waals surface area contributed by atoms with Gasteiger partial charge in [0, 0.05) is 37.3 Å². The van der Waals surface area contributed by atoms with Crippen LogP contribution in [0.15, 0.2) is 30.5 Å². The summed E-state index contributed by atoms with van der Waals surface area (Å²) >= 11 is 0. The van der Waals surface area contributed by atoms with Crippen molar-refractivity contribution in [3.05, 3.63) is 58.5 Å². The average molecular weight is 338 g/mol. The van der Waals surface area contributed by atoms with Crippen molar-refractivity contribution in [2.45, 2.75) is 27.0 Å². The van der Waals surface area contributed by atoms with E-state index in [-0.39, 0.29) is 5.91 Å². The van der Waals surface area contributed by atoms with Crippen LogP contribution < -0.4 is 5.32 Å². The largest absolute Gasteiger partial charge is 0.378 e. The van der Waals surface area contributed by atoms with Crippen LogP contribution in [-0.4, -0.2) is 27.8 Å². The van der Waals surface area contributed by atoms with Crippen molar-refractivity contribution in [2.75, 3.05) is 7.11 Å². The SMILES string of the molecule is COCc1nc2ccccc2c(C)c1C(=O)NCc1cnn(C)c1C. The molecule has 1 amide bonds. The number of para-hydroxylation sites is 1. The molecule has 6 nitrogen and oxygen atoms in total. The number of carbonyl (C=O) groups excluding carboxylic acids is 1. The van der Waals surface area contributed by atoms with E-state index < -0.39 is 0 Å². The normalized spacial score (nSPS) is 11.0. The Hall–Kier alpha value is -2.73. The lowest BCUT2D eigenvalue weighted by Gasteiger charge is -2.14. The van der Waals surface area contributed by atoms with E-state index in [0.29, 0.717) is 24.4 Å². The zero-order chi connectivity index (χ0) is 18.0. The van der Waals surface area contributed by atoms with Crippen LogP contribution in [-0.2, 0) is 24.9 Å². The predicted molar refractivity (Wildman–Crippen MR) is 96.3 cm³/mol. The molecular formula is C19H22N4O2. The number of rotatable bonds is 5. The minimum Gasteiger partial charge on any atom is -0.378 e. The number of methoxy groups -OCH3 is 1. The molecule has 0 unspecified atom stereocenters. The van der Waals surface area contributed by atoms with Gasteiger partial charge in [-0.2, -0.15) is 5.10 Å². The topological polar surface area (TPSA) is 69.0 Å². The summed E-state index contributed by atoms with van der Waals surface area (Å²) < 4.78 is 7.04. The van der Waals surface area contributed by atoms with Crippen LogP contribution in [0.4, 0.5) is 0 Å². The fourth-order valence-electron chi connectivity index (χ4n) is 2.96. The second-order valence-electron chi connectivity index (χ2n) is 6.07. The number of nitrogens with zero attached hydrogens (tertiary/aromatic N) is 3. The number of hydrogen-bond donors (Lipinski definition) is 1. The Morgan fingerprint density at radius 2 is 2.04 bits per heavy atom. The smallest absolute Gasteiger partial charge is 0.253 e. The Labute approximate surface area is 146 Å². The Morgan fingerprint density at radius 3 is 2.72 bits per heavy atom. The first-order chi connectivity index (χ1) is 12.0. The average Bonchev–Trinajstić information content (AvgIpc) is 2.92. The zero-order valence-electron chi connectivity index (χ0n) is 15.0. The molecule has 3 rings (SSSR count). The summed E-state index contributed by atoms with van der Waals surface area (Å²) in [5.74, 6) is -0.147. The van der Waals surface area contributed by atoms with Crippen LogP contribution in [0.25, 0.3) is 10.9 Å². The number of carbonyl (C=O) groups is 1. The van der Waals surface area contributed by atoms with Gasteiger partial charge in [0.2, 0.25) is 0 Å². The fourth-order valence-corrected chi connectivity index (χ4v) is 2.96. The number of aryl methyl sites for hydroxylation is 2. The number of pyridine rings is 1. The van der Waals surface area contributed by atoms with Crippen LogP contribution >= 0.6 is 0 Å². The first kappa shape index (κ1) is 17.1. The Morgan fingerprint density at radius 1 is 1.28 bits per heavy atom. The third kappa shape index (κ3) is 3.25. The highest BCUT2D eigenvalue weighted by atomic mass is 16.5. The maximum Gasteiger partial charge on any atom is 0.253 e. The van der Waals surface area contributed by atoms with Crippen molar-refractivity contribution in [2.24, 2.45) is 7.05 Å². The van der Waals surface area contributed by atoms with Gasteiger partial charge < -0.3 is 10.1 Å². The minimum atomic E-state index is -0.147. The Bertz CT molecular complexity index is 931. The predicted octanol–water partition coefficient (Wildman–Crippen LogP) is 2.66. The standard InChI is InChI=1S/C19H22N4O2/c1-12-15-7-5-6-8-16(15)22-17(11-25-4)18(12)19(24)20-9-14-10-21-23(3)13(14)2/h5-8,10H,9,11H2,1-4H3,(H,20,24).